The molecule has 3 rings (SSSR count). The number of hydrogen-bond donors (Lipinski definition) is 2. The highest BCUT2D eigenvalue weighted by molar-refractivity contribution is 6.48. The molecule has 0 radical (unpaired) electrons. The Morgan fingerprint density at radius 2 is 1.87 bits per heavy atom. The third-order valence-electron chi connectivity index (χ3n) is 5.01. The van der Waals surface area contributed by atoms with Crippen LogP contribution in [0.15, 0.2) is 30.5 Å². The van der Waals surface area contributed by atoms with Crippen LogP contribution in [0.25, 0.3) is 10.9 Å². The summed E-state index contributed by atoms with van der Waals surface area (Å²) in [5, 5.41) is 10.4. The van der Waals surface area contributed by atoms with E-state index in [1.54, 1.807) is 0 Å². The lowest BCUT2D eigenvalue weighted by Crippen LogP contribution is -2.41. The maximum atomic E-state index is 11.4. The molecular weight excluding hydrogens is 293 g/mol. The van der Waals surface area contributed by atoms with E-state index in [-0.39, 0.29) is 12.2 Å². The second-order valence-corrected chi connectivity index (χ2v) is 7.12. The molecule has 0 aliphatic carbocycles. The Labute approximate surface area is 136 Å². The second-order valence-electron chi connectivity index (χ2n) is 7.12. The zero-order valence-corrected chi connectivity index (χ0v) is 13.9. The van der Waals surface area contributed by atoms with Gasteiger partial charge in [-0.2, -0.15) is 0 Å². The molecule has 23 heavy (non-hydrogen) atoms. The van der Waals surface area contributed by atoms with Crippen molar-refractivity contribution in [2.75, 3.05) is 0 Å². The van der Waals surface area contributed by atoms with Crippen LogP contribution in [0.5, 0.6) is 0 Å². The number of aliphatic carboxylic acids is 1. The summed E-state index contributed by atoms with van der Waals surface area (Å²) in [6, 6.07) is 7.85. The number of H-pyrrole nitrogens is 1. The number of hydrogen-bond acceptors (Lipinski definition) is 3. The van der Waals surface area contributed by atoms with Gasteiger partial charge in [0.05, 0.1) is 17.6 Å². The fourth-order valence-corrected chi connectivity index (χ4v) is 3.01. The van der Waals surface area contributed by atoms with Crippen LogP contribution in [0.2, 0.25) is 0 Å². The number of benzene rings is 1. The van der Waals surface area contributed by atoms with Gasteiger partial charge in [-0.25, -0.2) is 0 Å². The van der Waals surface area contributed by atoms with Crippen LogP contribution in [-0.4, -0.2) is 34.4 Å². The van der Waals surface area contributed by atoms with Gasteiger partial charge in [-0.1, -0.05) is 18.2 Å². The molecule has 1 aromatic carbocycles. The first-order chi connectivity index (χ1) is 10.7. The van der Waals surface area contributed by atoms with Crippen molar-refractivity contribution in [1.29, 1.82) is 0 Å². The highest BCUT2D eigenvalue weighted by Crippen LogP contribution is 2.42. The number of rotatable bonds is 4. The number of aromatic amines is 1. The van der Waals surface area contributed by atoms with Crippen LogP contribution in [0.3, 0.4) is 0 Å². The second kappa shape index (κ2) is 5.39. The van der Waals surface area contributed by atoms with Crippen LogP contribution in [-0.2, 0) is 14.1 Å². The summed E-state index contributed by atoms with van der Waals surface area (Å²) < 4.78 is 12.2. The van der Waals surface area contributed by atoms with Crippen molar-refractivity contribution in [3.8, 4) is 0 Å². The minimum Gasteiger partial charge on any atom is -0.481 e. The van der Waals surface area contributed by atoms with Crippen LogP contribution in [0, 0.1) is 0 Å². The van der Waals surface area contributed by atoms with Crippen molar-refractivity contribution in [3.63, 3.8) is 0 Å². The van der Waals surface area contributed by atoms with Crippen molar-refractivity contribution in [1.82, 2.24) is 4.98 Å². The van der Waals surface area contributed by atoms with Gasteiger partial charge in [0.2, 0.25) is 0 Å². The fraction of sp³-hybridized carbons (Fsp3) is 0.471. The van der Waals surface area contributed by atoms with E-state index in [2.05, 4.69) is 4.98 Å². The molecule has 1 aliphatic rings. The first-order valence-electron chi connectivity index (χ1n) is 7.85. The maximum absolute atomic E-state index is 11.4. The van der Waals surface area contributed by atoms with E-state index in [0.29, 0.717) is 0 Å². The van der Waals surface area contributed by atoms with Crippen LogP contribution >= 0.6 is 0 Å². The number of carboxylic acids is 1. The molecular formula is C17H22BNO4. The molecule has 1 atom stereocenters. The molecule has 1 saturated heterocycles. The SMILES string of the molecule is CC1(C)OB(C(CC(=O)O)c2cccc3cc[nH]c23)OC1(C)C. The normalized spacial score (nSPS) is 20.8. The Balaban J connectivity index is 2.03. The Kier molecular flexibility index (Phi) is 3.77. The molecule has 0 saturated carbocycles. The number of aromatic nitrogens is 1. The van der Waals surface area contributed by atoms with Gasteiger partial charge in [0.25, 0.3) is 0 Å². The summed E-state index contributed by atoms with van der Waals surface area (Å²) in [5.74, 6) is -1.25. The van der Waals surface area contributed by atoms with E-state index < -0.39 is 24.3 Å². The van der Waals surface area contributed by atoms with E-state index in [0.717, 1.165) is 16.5 Å². The number of fused-ring (bicyclic) bond motifs is 1. The highest BCUT2D eigenvalue weighted by Gasteiger charge is 2.54. The first kappa shape index (κ1) is 16.1. The highest BCUT2D eigenvalue weighted by atomic mass is 16.7. The molecule has 5 nitrogen and oxygen atoms in total. The maximum Gasteiger partial charge on any atom is 0.466 e. The summed E-state index contributed by atoms with van der Waals surface area (Å²) in [6.07, 6.45) is 1.81. The zero-order chi connectivity index (χ0) is 16.8. The lowest BCUT2D eigenvalue weighted by molar-refractivity contribution is -0.137. The Bertz CT molecular complexity index is 721. The summed E-state index contributed by atoms with van der Waals surface area (Å²) in [6.45, 7) is 7.89. The van der Waals surface area contributed by atoms with E-state index in [9.17, 15) is 9.90 Å². The fourth-order valence-electron chi connectivity index (χ4n) is 3.01. The Morgan fingerprint density at radius 3 is 2.48 bits per heavy atom. The standard InChI is InChI=1S/C17H22BNO4/c1-16(2)17(3,4)23-18(22-16)13(10-14(20)21)12-7-5-6-11-8-9-19-15(11)12/h5-9,13,19H,10H2,1-4H3,(H,20,21). The number of carboxylic acid groups (broad SMARTS) is 1. The van der Waals surface area contributed by atoms with Gasteiger partial charge >= 0.3 is 13.1 Å². The van der Waals surface area contributed by atoms with Gasteiger partial charge in [-0.3, -0.25) is 4.79 Å². The van der Waals surface area contributed by atoms with Gasteiger partial charge < -0.3 is 19.4 Å². The topological polar surface area (TPSA) is 71.5 Å². The van der Waals surface area contributed by atoms with Gasteiger partial charge in [0, 0.05) is 17.5 Å². The van der Waals surface area contributed by atoms with Crippen molar-refractivity contribution in [2.24, 2.45) is 0 Å². The molecule has 1 aromatic heterocycles. The molecule has 2 aromatic rings. The summed E-state index contributed by atoms with van der Waals surface area (Å²) >= 11 is 0. The molecule has 1 fully saturated rings. The van der Waals surface area contributed by atoms with Gasteiger partial charge in [-0.05, 0) is 44.7 Å². The largest absolute Gasteiger partial charge is 0.481 e. The lowest BCUT2D eigenvalue weighted by Gasteiger charge is -2.32. The zero-order valence-electron chi connectivity index (χ0n) is 13.9. The van der Waals surface area contributed by atoms with E-state index in [1.165, 1.54) is 0 Å². The van der Waals surface area contributed by atoms with Crippen molar-refractivity contribution in [3.05, 3.63) is 36.0 Å². The van der Waals surface area contributed by atoms with E-state index in [4.69, 9.17) is 9.31 Å². The quantitative estimate of drug-likeness (QED) is 0.849. The van der Waals surface area contributed by atoms with Crippen molar-refractivity contribution >= 4 is 24.0 Å². The molecule has 1 aliphatic heterocycles. The third kappa shape index (κ3) is 2.77. The molecule has 0 bridgehead atoms. The van der Waals surface area contributed by atoms with Crippen LogP contribution in [0.4, 0.5) is 0 Å². The van der Waals surface area contributed by atoms with Crippen LogP contribution in [0.1, 0.15) is 45.5 Å². The molecule has 1 unspecified atom stereocenters. The van der Waals surface area contributed by atoms with Gasteiger partial charge in [0.15, 0.2) is 0 Å². The predicted molar refractivity (Wildman–Crippen MR) is 89.4 cm³/mol. The number of para-hydroxylation sites is 1. The number of nitrogens with one attached hydrogen (secondary N) is 1. The van der Waals surface area contributed by atoms with Crippen LogP contribution < -0.4 is 0 Å². The molecule has 0 amide bonds. The monoisotopic (exact) mass is 315 g/mol. The predicted octanol–water partition coefficient (Wildman–Crippen LogP) is 3.36. The van der Waals surface area contributed by atoms with Gasteiger partial charge in [-0.15, -0.1) is 0 Å². The average molecular weight is 315 g/mol. The minimum absolute atomic E-state index is 0.0467. The van der Waals surface area contributed by atoms with E-state index in [1.807, 2.05) is 58.2 Å². The molecule has 2 heterocycles. The molecule has 2 N–H and O–H groups in total. The number of carbonyl (C=O) groups is 1. The summed E-state index contributed by atoms with van der Waals surface area (Å²) in [5.41, 5.74) is 0.873. The molecule has 122 valence electrons. The van der Waals surface area contributed by atoms with Crippen molar-refractivity contribution < 1.29 is 19.2 Å². The minimum atomic E-state index is -0.867. The third-order valence-corrected chi connectivity index (χ3v) is 5.01. The summed E-state index contributed by atoms with van der Waals surface area (Å²) in [7, 11) is -0.593. The Hall–Kier alpha value is -1.79. The smallest absolute Gasteiger partial charge is 0.466 e. The molecule has 6 heteroatoms. The lowest BCUT2D eigenvalue weighted by atomic mass is 9.66. The molecule has 0 spiro atoms. The first-order valence-corrected chi connectivity index (χ1v) is 7.85. The average Bonchev–Trinajstić information content (AvgIpc) is 2.98. The van der Waals surface area contributed by atoms with Crippen molar-refractivity contribution in [2.45, 2.75) is 51.1 Å². The van der Waals surface area contributed by atoms with E-state index >= 15 is 0 Å². The van der Waals surface area contributed by atoms with Gasteiger partial charge in [0.1, 0.15) is 0 Å². The Morgan fingerprint density at radius 1 is 1.22 bits per heavy atom. The summed E-state index contributed by atoms with van der Waals surface area (Å²) in [4.78, 5) is 14.6.